The summed E-state index contributed by atoms with van der Waals surface area (Å²) in [6.45, 7) is 10.6. The van der Waals surface area contributed by atoms with E-state index in [0.717, 1.165) is 69.2 Å². The lowest BCUT2D eigenvalue weighted by Crippen LogP contribution is -2.21. The number of nitrogens with zero attached hydrogens (tertiary/aromatic N) is 2. The largest absolute Gasteiger partial charge is 0.280 e. The molecule has 0 radical (unpaired) electrons. The highest BCUT2D eigenvalue weighted by atomic mass is 35.5. The van der Waals surface area contributed by atoms with E-state index in [-0.39, 0.29) is 0 Å². The van der Waals surface area contributed by atoms with Crippen LogP contribution in [-0.4, -0.2) is 17.2 Å². The van der Waals surface area contributed by atoms with E-state index in [4.69, 9.17) is 21.6 Å². The van der Waals surface area contributed by atoms with Gasteiger partial charge in [-0.2, -0.15) is 0 Å². The number of pyridine rings is 1. The van der Waals surface area contributed by atoms with Crippen LogP contribution in [0.1, 0.15) is 77.9 Å². The Bertz CT molecular complexity index is 1500. The number of alkyl halides is 1. The maximum absolute atomic E-state index is 16.2. The van der Waals surface area contributed by atoms with Crippen LogP contribution < -0.4 is 0 Å². The molecule has 1 aromatic heterocycles. The Hall–Kier alpha value is -3.04. The zero-order chi connectivity index (χ0) is 26.6. The molecule has 2 aromatic carbocycles. The molecule has 194 valence electrons. The summed E-state index contributed by atoms with van der Waals surface area (Å²) in [7, 11) is 0. The third kappa shape index (κ3) is 4.66. The van der Waals surface area contributed by atoms with Crippen molar-refractivity contribution in [2.24, 2.45) is 10.9 Å². The predicted octanol–water partition coefficient (Wildman–Crippen LogP) is 8.55. The molecule has 1 aliphatic heterocycles. The quantitative estimate of drug-likeness (QED) is 0.317. The number of aryl methyl sites for hydroxylation is 2. The van der Waals surface area contributed by atoms with Crippen LogP contribution in [0.3, 0.4) is 0 Å². The molecule has 0 amide bonds. The van der Waals surface area contributed by atoms with Gasteiger partial charge in [-0.25, -0.2) is 4.39 Å². The van der Waals surface area contributed by atoms with Crippen LogP contribution >= 0.6 is 11.6 Å². The number of halogens is 2. The zero-order valence-corrected chi connectivity index (χ0v) is 23.3. The maximum Gasteiger partial charge on any atom is 0.154 e. The van der Waals surface area contributed by atoms with Crippen LogP contribution in [0, 0.1) is 12.8 Å². The molecular weight excluding hydrogens is 491 g/mol. The molecule has 1 atom stereocenters. The molecule has 0 saturated heterocycles. The van der Waals surface area contributed by atoms with Gasteiger partial charge in [0.15, 0.2) is 5.67 Å². The van der Waals surface area contributed by atoms with E-state index in [1.54, 1.807) is 6.92 Å². The Kier molecular flexibility index (Phi) is 6.39. The fraction of sp³-hybridized carbons (Fsp3) is 0.353. The monoisotopic (exact) mass is 524 g/mol. The Labute approximate surface area is 230 Å². The highest BCUT2D eigenvalue weighted by molar-refractivity contribution is 6.36. The average Bonchev–Trinajstić information content (AvgIpc) is 3.65. The first kappa shape index (κ1) is 25.2. The molecule has 0 spiro atoms. The molecule has 3 aliphatic rings. The summed E-state index contributed by atoms with van der Waals surface area (Å²) in [5.41, 5.74) is 11.4. The maximum atomic E-state index is 16.2. The van der Waals surface area contributed by atoms with Crippen LogP contribution in [0.5, 0.6) is 0 Å². The fourth-order valence-electron chi connectivity index (χ4n) is 6.14. The van der Waals surface area contributed by atoms with Crippen molar-refractivity contribution in [1.29, 1.82) is 0 Å². The lowest BCUT2D eigenvalue weighted by molar-refractivity contribution is 0.185. The summed E-state index contributed by atoms with van der Waals surface area (Å²) in [6, 6.07) is 16.5. The van der Waals surface area contributed by atoms with Gasteiger partial charge in [-0.15, -0.1) is 0 Å². The van der Waals surface area contributed by atoms with Gasteiger partial charge in [-0.3, -0.25) is 9.98 Å². The number of hydrogen-bond acceptors (Lipinski definition) is 2. The van der Waals surface area contributed by atoms with Gasteiger partial charge in [0.05, 0.1) is 23.0 Å². The van der Waals surface area contributed by atoms with E-state index in [1.165, 1.54) is 29.6 Å². The number of aromatic nitrogens is 1. The first-order chi connectivity index (χ1) is 18.2. The lowest BCUT2D eigenvalue weighted by atomic mass is 9.91. The molecule has 0 unspecified atom stereocenters. The summed E-state index contributed by atoms with van der Waals surface area (Å²) < 4.78 is 16.2. The molecule has 1 saturated carbocycles. The predicted molar refractivity (Wildman–Crippen MR) is 156 cm³/mol. The summed E-state index contributed by atoms with van der Waals surface area (Å²) in [6.07, 6.45) is 5.11. The number of allylic oxidation sites excluding steroid dienone is 2. The minimum Gasteiger partial charge on any atom is -0.280 e. The smallest absolute Gasteiger partial charge is 0.154 e. The van der Waals surface area contributed by atoms with Gasteiger partial charge in [0, 0.05) is 17.7 Å². The second-order valence-corrected chi connectivity index (χ2v) is 11.9. The van der Waals surface area contributed by atoms with Gasteiger partial charge >= 0.3 is 0 Å². The third-order valence-electron chi connectivity index (χ3n) is 8.37. The van der Waals surface area contributed by atoms with Crippen LogP contribution in [0.2, 0.25) is 5.02 Å². The fourth-order valence-corrected chi connectivity index (χ4v) is 6.46. The van der Waals surface area contributed by atoms with Crippen molar-refractivity contribution in [2.75, 3.05) is 6.54 Å². The van der Waals surface area contributed by atoms with E-state index in [9.17, 15) is 0 Å². The van der Waals surface area contributed by atoms with Crippen molar-refractivity contribution >= 4 is 22.9 Å². The van der Waals surface area contributed by atoms with Crippen molar-refractivity contribution in [1.82, 2.24) is 4.98 Å². The Morgan fingerprint density at radius 2 is 1.87 bits per heavy atom. The molecule has 3 aromatic rings. The minimum absolute atomic E-state index is 0.335. The standard InChI is InChI=1S/C34H34ClFN2/c1-20(2)23-10-11-25-18-34(4,36)33-24(17-26(25)16-23)12-13-27(38-33)14-15-28-29(22-8-9-22)19-37-32(28)31-21(3)6-5-7-30(31)35/h5-7,10-13,16,22H,1,8-9,14-15,17-19H2,2-4H3/t34-/m0/s1. The summed E-state index contributed by atoms with van der Waals surface area (Å²) in [5, 5.41) is 0.754. The molecule has 2 heterocycles. The van der Waals surface area contributed by atoms with Crippen molar-refractivity contribution in [3.63, 3.8) is 0 Å². The van der Waals surface area contributed by atoms with Gasteiger partial charge in [0.25, 0.3) is 0 Å². The molecule has 4 heteroatoms. The molecule has 0 N–H and O–H groups in total. The SMILES string of the molecule is C=C(C)c1ccc2c(c1)Cc1ccc(CCC3=C(C4CC4)CN=C3c3c(C)cccc3Cl)nc1[C@@](C)(F)C2. The van der Waals surface area contributed by atoms with E-state index in [0.29, 0.717) is 24.5 Å². The van der Waals surface area contributed by atoms with E-state index in [1.807, 2.05) is 19.1 Å². The van der Waals surface area contributed by atoms with Crippen molar-refractivity contribution in [3.8, 4) is 0 Å². The second kappa shape index (κ2) is 9.61. The average molecular weight is 525 g/mol. The number of hydrogen-bond donors (Lipinski definition) is 0. The molecule has 0 bridgehead atoms. The van der Waals surface area contributed by atoms with Gasteiger partial charge in [0.2, 0.25) is 0 Å². The number of fused-ring (bicyclic) bond motifs is 2. The molecule has 2 aliphatic carbocycles. The third-order valence-corrected chi connectivity index (χ3v) is 8.69. The lowest BCUT2D eigenvalue weighted by Gasteiger charge is -2.21. The molecule has 6 rings (SSSR count). The van der Waals surface area contributed by atoms with Crippen LogP contribution in [0.15, 0.2) is 71.2 Å². The van der Waals surface area contributed by atoms with Crippen LogP contribution in [0.25, 0.3) is 5.57 Å². The van der Waals surface area contributed by atoms with Crippen molar-refractivity contribution in [2.45, 2.75) is 65.0 Å². The first-order valence-corrected chi connectivity index (χ1v) is 14.1. The van der Waals surface area contributed by atoms with E-state index in [2.05, 4.69) is 49.9 Å². The summed E-state index contributed by atoms with van der Waals surface area (Å²) in [4.78, 5) is 9.95. The molecule has 38 heavy (non-hydrogen) atoms. The number of aliphatic imine (C=N–C) groups is 1. The van der Waals surface area contributed by atoms with Crippen molar-refractivity contribution in [3.05, 3.63) is 116 Å². The molecule has 1 fully saturated rings. The highest BCUT2D eigenvalue weighted by Gasteiger charge is 2.36. The topological polar surface area (TPSA) is 25.2 Å². The van der Waals surface area contributed by atoms with Crippen LogP contribution in [0.4, 0.5) is 4.39 Å². The number of rotatable bonds is 6. The van der Waals surface area contributed by atoms with Gasteiger partial charge in [-0.1, -0.05) is 60.2 Å². The Morgan fingerprint density at radius 1 is 1.08 bits per heavy atom. The Morgan fingerprint density at radius 3 is 2.61 bits per heavy atom. The van der Waals surface area contributed by atoms with E-state index < -0.39 is 5.67 Å². The van der Waals surface area contributed by atoms with E-state index >= 15 is 4.39 Å². The number of benzene rings is 2. The minimum atomic E-state index is -1.52. The van der Waals surface area contributed by atoms with Crippen LogP contribution in [-0.2, 0) is 24.9 Å². The molecule has 2 nitrogen and oxygen atoms in total. The Balaban J connectivity index is 1.30. The van der Waals surface area contributed by atoms with Gasteiger partial charge < -0.3 is 0 Å². The highest BCUT2D eigenvalue weighted by Crippen LogP contribution is 2.43. The van der Waals surface area contributed by atoms with Gasteiger partial charge in [0.1, 0.15) is 0 Å². The van der Waals surface area contributed by atoms with Gasteiger partial charge in [-0.05, 0) is 110 Å². The first-order valence-electron chi connectivity index (χ1n) is 13.7. The normalized spacial score (nSPS) is 20.6. The summed E-state index contributed by atoms with van der Waals surface area (Å²) >= 11 is 6.66. The summed E-state index contributed by atoms with van der Waals surface area (Å²) in [5.74, 6) is 0.644. The molecular formula is C34H34ClFN2. The zero-order valence-electron chi connectivity index (χ0n) is 22.5. The van der Waals surface area contributed by atoms with Crippen molar-refractivity contribution < 1.29 is 4.39 Å². The second-order valence-electron chi connectivity index (χ2n) is 11.5.